The third-order valence-electron chi connectivity index (χ3n) is 4.98. The lowest BCUT2D eigenvalue weighted by Crippen LogP contribution is -2.40. The van der Waals surface area contributed by atoms with Gasteiger partial charge in [0.15, 0.2) is 0 Å². The average molecular weight is 280 g/mol. The topological polar surface area (TPSA) is 38.9 Å². The summed E-state index contributed by atoms with van der Waals surface area (Å²) in [5, 5.41) is 0. The fourth-order valence-corrected chi connectivity index (χ4v) is 3.71. The van der Waals surface area contributed by atoms with Gasteiger partial charge in [-0.3, -0.25) is 4.98 Å². The normalized spacial score (nSPS) is 19.1. The van der Waals surface area contributed by atoms with Crippen LogP contribution in [0.1, 0.15) is 55.0 Å². The zero-order chi connectivity index (χ0) is 14.7. The van der Waals surface area contributed by atoms with Gasteiger partial charge in [0.25, 0.3) is 0 Å². The predicted octanol–water partition coefficient (Wildman–Crippen LogP) is 4.29. The molecule has 110 valence electrons. The van der Waals surface area contributed by atoms with Crippen LogP contribution in [0.15, 0.2) is 48.7 Å². The summed E-state index contributed by atoms with van der Waals surface area (Å²) in [7, 11) is 0. The zero-order valence-corrected chi connectivity index (χ0v) is 12.8. The van der Waals surface area contributed by atoms with Crippen molar-refractivity contribution in [2.24, 2.45) is 5.73 Å². The van der Waals surface area contributed by atoms with Crippen LogP contribution < -0.4 is 5.73 Å². The van der Waals surface area contributed by atoms with Crippen molar-refractivity contribution >= 4 is 0 Å². The van der Waals surface area contributed by atoms with Gasteiger partial charge in [-0.15, -0.1) is 0 Å². The summed E-state index contributed by atoms with van der Waals surface area (Å²) in [4.78, 5) is 4.44. The fraction of sp³-hybridized carbons (Fsp3) is 0.421. The minimum atomic E-state index is 0.0216. The SMILES string of the molecule is Cc1ccc(C(N)C2(c3ccccc3)CCCCC2)cn1. The predicted molar refractivity (Wildman–Crippen MR) is 87.1 cm³/mol. The van der Waals surface area contributed by atoms with Crippen LogP contribution in [0, 0.1) is 6.92 Å². The zero-order valence-electron chi connectivity index (χ0n) is 12.8. The molecule has 1 aromatic heterocycles. The van der Waals surface area contributed by atoms with Gasteiger partial charge in [-0.1, -0.05) is 55.7 Å². The smallest absolute Gasteiger partial charge is 0.0408 e. The Labute approximate surface area is 127 Å². The highest BCUT2D eigenvalue weighted by molar-refractivity contribution is 5.33. The summed E-state index contributed by atoms with van der Waals surface area (Å²) in [6.45, 7) is 2.02. The number of hydrogen-bond acceptors (Lipinski definition) is 2. The monoisotopic (exact) mass is 280 g/mol. The number of hydrogen-bond donors (Lipinski definition) is 1. The summed E-state index contributed by atoms with van der Waals surface area (Å²) in [6.07, 6.45) is 8.16. The molecule has 0 aliphatic heterocycles. The highest BCUT2D eigenvalue weighted by Crippen LogP contribution is 2.46. The van der Waals surface area contributed by atoms with Crippen molar-refractivity contribution < 1.29 is 0 Å². The minimum Gasteiger partial charge on any atom is -0.323 e. The van der Waals surface area contributed by atoms with Crippen LogP contribution in [-0.2, 0) is 5.41 Å². The molecule has 1 fully saturated rings. The number of nitrogens with zero attached hydrogens (tertiary/aromatic N) is 1. The first-order chi connectivity index (χ1) is 10.2. The van der Waals surface area contributed by atoms with Crippen LogP contribution >= 0.6 is 0 Å². The van der Waals surface area contributed by atoms with E-state index in [1.54, 1.807) is 0 Å². The molecular formula is C19H24N2. The lowest BCUT2D eigenvalue weighted by Gasteiger charge is -2.42. The molecule has 1 aliphatic carbocycles. The molecule has 0 amide bonds. The molecule has 1 saturated carbocycles. The Balaban J connectivity index is 2.01. The van der Waals surface area contributed by atoms with Crippen molar-refractivity contribution in [3.63, 3.8) is 0 Å². The molecule has 0 saturated heterocycles. The molecule has 1 aromatic carbocycles. The lowest BCUT2D eigenvalue weighted by atomic mass is 9.64. The van der Waals surface area contributed by atoms with Gasteiger partial charge in [0, 0.05) is 23.3 Å². The number of pyridine rings is 1. The molecule has 1 heterocycles. The van der Waals surface area contributed by atoms with Gasteiger partial charge in [0.05, 0.1) is 0 Å². The molecule has 2 N–H and O–H groups in total. The lowest BCUT2D eigenvalue weighted by molar-refractivity contribution is 0.244. The van der Waals surface area contributed by atoms with E-state index in [1.807, 2.05) is 13.1 Å². The van der Waals surface area contributed by atoms with Crippen LogP contribution in [0.3, 0.4) is 0 Å². The van der Waals surface area contributed by atoms with E-state index in [2.05, 4.69) is 47.4 Å². The minimum absolute atomic E-state index is 0.0216. The van der Waals surface area contributed by atoms with Crippen molar-refractivity contribution in [1.82, 2.24) is 4.98 Å². The second kappa shape index (κ2) is 5.98. The molecule has 0 bridgehead atoms. The molecule has 2 aromatic rings. The summed E-state index contributed by atoms with van der Waals surface area (Å²) in [6, 6.07) is 15.1. The van der Waals surface area contributed by atoms with Crippen LogP contribution in [0.4, 0.5) is 0 Å². The summed E-state index contributed by atoms with van der Waals surface area (Å²) in [5.41, 5.74) is 10.4. The van der Waals surface area contributed by atoms with Crippen molar-refractivity contribution in [2.45, 2.75) is 50.5 Å². The summed E-state index contributed by atoms with van der Waals surface area (Å²) in [5.74, 6) is 0. The highest BCUT2D eigenvalue weighted by atomic mass is 14.7. The molecule has 2 heteroatoms. The van der Waals surface area contributed by atoms with Gasteiger partial charge in [-0.05, 0) is 37.0 Å². The quantitative estimate of drug-likeness (QED) is 0.910. The van der Waals surface area contributed by atoms with Crippen LogP contribution in [0.2, 0.25) is 0 Å². The van der Waals surface area contributed by atoms with Crippen molar-refractivity contribution in [1.29, 1.82) is 0 Å². The van der Waals surface area contributed by atoms with Crippen LogP contribution in [-0.4, -0.2) is 4.98 Å². The molecule has 0 radical (unpaired) electrons. The van der Waals surface area contributed by atoms with Gasteiger partial charge in [0.1, 0.15) is 0 Å². The molecular weight excluding hydrogens is 256 g/mol. The van der Waals surface area contributed by atoms with Crippen molar-refractivity contribution in [3.05, 3.63) is 65.5 Å². The Morgan fingerprint density at radius 1 is 1.00 bits per heavy atom. The van der Waals surface area contributed by atoms with E-state index in [0.717, 1.165) is 11.3 Å². The third kappa shape index (κ3) is 2.73. The van der Waals surface area contributed by atoms with Crippen LogP contribution in [0.25, 0.3) is 0 Å². The summed E-state index contributed by atoms with van der Waals surface area (Å²) >= 11 is 0. The van der Waals surface area contributed by atoms with E-state index in [4.69, 9.17) is 5.73 Å². The van der Waals surface area contributed by atoms with Gasteiger partial charge in [0.2, 0.25) is 0 Å². The third-order valence-corrected chi connectivity index (χ3v) is 4.98. The highest BCUT2D eigenvalue weighted by Gasteiger charge is 2.40. The first-order valence-corrected chi connectivity index (χ1v) is 7.96. The molecule has 2 nitrogen and oxygen atoms in total. The molecule has 1 unspecified atom stereocenters. The Bertz CT molecular complexity index is 568. The maximum absolute atomic E-state index is 6.75. The molecule has 3 rings (SSSR count). The Hall–Kier alpha value is -1.67. The fourth-order valence-electron chi connectivity index (χ4n) is 3.71. The van der Waals surface area contributed by atoms with E-state index in [0.29, 0.717) is 0 Å². The second-order valence-electron chi connectivity index (χ2n) is 6.29. The van der Waals surface area contributed by atoms with Gasteiger partial charge >= 0.3 is 0 Å². The van der Waals surface area contributed by atoms with E-state index in [1.165, 1.54) is 37.7 Å². The van der Waals surface area contributed by atoms with Gasteiger partial charge in [-0.2, -0.15) is 0 Å². The maximum Gasteiger partial charge on any atom is 0.0408 e. The maximum atomic E-state index is 6.75. The number of rotatable bonds is 3. The largest absolute Gasteiger partial charge is 0.323 e. The van der Waals surface area contributed by atoms with E-state index in [9.17, 15) is 0 Å². The molecule has 21 heavy (non-hydrogen) atoms. The average Bonchev–Trinajstić information content (AvgIpc) is 2.56. The van der Waals surface area contributed by atoms with E-state index in [-0.39, 0.29) is 11.5 Å². The van der Waals surface area contributed by atoms with E-state index >= 15 is 0 Å². The van der Waals surface area contributed by atoms with Crippen LogP contribution in [0.5, 0.6) is 0 Å². The number of benzene rings is 1. The summed E-state index contributed by atoms with van der Waals surface area (Å²) < 4.78 is 0. The number of aromatic nitrogens is 1. The molecule has 1 aliphatic rings. The standard InChI is InChI=1S/C19H24N2/c1-15-10-11-16(14-21-15)18(20)19(12-6-3-7-13-19)17-8-4-2-5-9-17/h2,4-5,8-11,14,18H,3,6-7,12-13,20H2,1H3. The molecule has 0 spiro atoms. The Morgan fingerprint density at radius 2 is 1.71 bits per heavy atom. The number of aryl methyl sites for hydroxylation is 1. The van der Waals surface area contributed by atoms with Crippen molar-refractivity contribution in [3.8, 4) is 0 Å². The Morgan fingerprint density at radius 3 is 2.33 bits per heavy atom. The van der Waals surface area contributed by atoms with Gasteiger partial charge < -0.3 is 5.73 Å². The first-order valence-electron chi connectivity index (χ1n) is 7.96. The van der Waals surface area contributed by atoms with Gasteiger partial charge in [-0.25, -0.2) is 0 Å². The molecule has 1 atom stereocenters. The Kier molecular flexibility index (Phi) is 4.07. The van der Waals surface area contributed by atoms with Crippen molar-refractivity contribution in [2.75, 3.05) is 0 Å². The first kappa shape index (κ1) is 14.3. The van der Waals surface area contributed by atoms with E-state index < -0.39 is 0 Å². The second-order valence-corrected chi connectivity index (χ2v) is 6.29. The number of nitrogens with two attached hydrogens (primary N) is 1.